The van der Waals surface area contributed by atoms with Crippen LogP contribution in [0.2, 0.25) is 0 Å². The molecule has 1 aliphatic rings. The van der Waals surface area contributed by atoms with Gasteiger partial charge in [0.05, 0.1) is 11.4 Å². The molecule has 1 unspecified atom stereocenters. The molecule has 2 amide bonds. The lowest BCUT2D eigenvalue weighted by Gasteiger charge is -2.21. The predicted octanol–water partition coefficient (Wildman–Crippen LogP) is 1.96. The summed E-state index contributed by atoms with van der Waals surface area (Å²) in [4.78, 5) is 25.9. The molecule has 0 saturated carbocycles. The van der Waals surface area contributed by atoms with Crippen molar-refractivity contribution >= 4 is 27.5 Å². The minimum absolute atomic E-state index is 0.0106. The SMILES string of the molecule is CC(=O)N1c2ccc(S(=O)(=O)N(C)CC(=O)NCCc3ccccc3)cc2CC1C. The van der Waals surface area contributed by atoms with E-state index < -0.39 is 10.0 Å². The Labute approximate surface area is 177 Å². The van der Waals surface area contributed by atoms with Crippen molar-refractivity contribution in [3.63, 3.8) is 0 Å². The third-order valence-corrected chi connectivity index (χ3v) is 7.06. The highest BCUT2D eigenvalue weighted by Gasteiger charge is 2.31. The molecule has 0 radical (unpaired) electrons. The summed E-state index contributed by atoms with van der Waals surface area (Å²) >= 11 is 0. The summed E-state index contributed by atoms with van der Waals surface area (Å²) in [6.07, 6.45) is 1.28. The van der Waals surface area contributed by atoms with Gasteiger partial charge in [-0.1, -0.05) is 30.3 Å². The van der Waals surface area contributed by atoms with E-state index in [2.05, 4.69) is 5.32 Å². The van der Waals surface area contributed by atoms with Crippen LogP contribution in [0.3, 0.4) is 0 Å². The van der Waals surface area contributed by atoms with Gasteiger partial charge in [0, 0.05) is 32.2 Å². The lowest BCUT2D eigenvalue weighted by atomic mass is 10.1. The van der Waals surface area contributed by atoms with Gasteiger partial charge in [0.25, 0.3) is 0 Å². The van der Waals surface area contributed by atoms with Crippen LogP contribution in [-0.2, 0) is 32.5 Å². The second-order valence-electron chi connectivity index (χ2n) is 7.58. The number of anilines is 1. The van der Waals surface area contributed by atoms with E-state index in [1.54, 1.807) is 17.0 Å². The summed E-state index contributed by atoms with van der Waals surface area (Å²) in [7, 11) is -2.43. The molecule has 2 aromatic rings. The number of fused-ring (bicyclic) bond motifs is 1. The number of likely N-dealkylation sites (N-methyl/N-ethyl adjacent to an activating group) is 1. The minimum atomic E-state index is -3.82. The highest BCUT2D eigenvalue weighted by molar-refractivity contribution is 7.89. The minimum Gasteiger partial charge on any atom is -0.355 e. The molecule has 3 rings (SSSR count). The van der Waals surface area contributed by atoms with Crippen LogP contribution < -0.4 is 10.2 Å². The summed E-state index contributed by atoms with van der Waals surface area (Å²) in [6, 6.07) is 14.5. The summed E-state index contributed by atoms with van der Waals surface area (Å²) in [5, 5.41) is 2.76. The first kappa shape index (κ1) is 22.0. The van der Waals surface area contributed by atoms with Crippen molar-refractivity contribution in [1.82, 2.24) is 9.62 Å². The molecule has 1 N–H and O–H groups in total. The quantitative estimate of drug-likeness (QED) is 0.729. The monoisotopic (exact) mass is 429 g/mol. The average Bonchev–Trinajstić information content (AvgIpc) is 3.03. The molecule has 0 spiro atoms. The highest BCUT2D eigenvalue weighted by Crippen LogP contribution is 2.34. The lowest BCUT2D eigenvalue weighted by Crippen LogP contribution is -2.39. The fourth-order valence-electron chi connectivity index (χ4n) is 3.76. The van der Waals surface area contributed by atoms with Crippen LogP contribution in [0, 0.1) is 0 Å². The van der Waals surface area contributed by atoms with Gasteiger partial charge in [-0.25, -0.2) is 8.42 Å². The Kier molecular flexibility index (Phi) is 6.58. The number of benzene rings is 2. The maximum Gasteiger partial charge on any atom is 0.243 e. The first-order valence-electron chi connectivity index (χ1n) is 9.90. The van der Waals surface area contributed by atoms with E-state index in [-0.39, 0.29) is 29.3 Å². The largest absolute Gasteiger partial charge is 0.355 e. The molecule has 1 heterocycles. The standard InChI is InChI=1S/C22H27N3O4S/c1-16-13-19-14-20(9-10-21(19)25(16)17(2)26)30(28,29)24(3)15-22(27)23-12-11-18-7-5-4-6-8-18/h4-10,14,16H,11-13,15H2,1-3H3,(H,23,27). The number of hydrogen-bond acceptors (Lipinski definition) is 4. The molecular formula is C22H27N3O4S. The van der Waals surface area contributed by atoms with E-state index in [0.29, 0.717) is 19.4 Å². The Morgan fingerprint density at radius 2 is 1.87 bits per heavy atom. The summed E-state index contributed by atoms with van der Waals surface area (Å²) < 4.78 is 26.9. The van der Waals surface area contributed by atoms with Gasteiger partial charge in [0.15, 0.2) is 0 Å². The fourth-order valence-corrected chi connectivity index (χ4v) is 4.94. The number of nitrogens with zero attached hydrogens (tertiary/aromatic N) is 2. The zero-order chi connectivity index (χ0) is 21.9. The van der Waals surface area contributed by atoms with Gasteiger partial charge in [0.1, 0.15) is 0 Å². The number of nitrogens with one attached hydrogen (secondary N) is 1. The van der Waals surface area contributed by atoms with E-state index in [1.165, 1.54) is 20.0 Å². The van der Waals surface area contributed by atoms with Crippen molar-refractivity contribution in [1.29, 1.82) is 0 Å². The first-order valence-corrected chi connectivity index (χ1v) is 11.3. The Balaban J connectivity index is 1.63. The number of rotatable bonds is 7. The molecular weight excluding hydrogens is 402 g/mol. The molecule has 2 aromatic carbocycles. The molecule has 0 aliphatic carbocycles. The van der Waals surface area contributed by atoms with E-state index in [4.69, 9.17) is 0 Å². The molecule has 1 aliphatic heterocycles. The summed E-state index contributed by atoms with van der Waals surface area (Å²) in [5.41, 5.74) is 2.67. The van der Waals surface area contributed by atoms with Gasteiger partial charge in [0.2, 0.25) is 21.8 Å². The molecule has 0 aromatic heterocycles. The van der Waals surface area contributed by atoms with Gasteiger partial charge in [-0.3, -0.25) is 9.59 Å². The summed E-state index contributed by atoms with van der Waals surface area (Å²) in [6.45, 7) is 3.61. The molecule has 0 fully saturated rings. The first-order chi connectivity index (χ1) is 14.2. The van der Waals surface area contributed by atoms with Crippen LogP contribution >= 0.6 is 0 Å². The smallest absolute Gasteiger partial charge is 0.243 e. The molecule has 8 heteroatoms. The van der Waals surface area contributed by atoms with E-state index in [9.17, 15) is 18.0 Å². The van der Waals surface area contributed by atoms with Crippen molar-refractivity contribution < 1.29 is 18.0 Å². The van der Waals surface area contributed by atoms with Gasteiger partial charge in [-0.05, 0) is 49.1 Å². The zero-order valence-corrected chi connectivity index (χ0v) is 18.3. The number of amides is 2. The van der Waals surface area contributed by atoms with Crippen LogP contribution in [-0.4, -0.2) is 50.7 Å². The number of sulfonamides is 1. The molecule has 1 atom stereocenters. The van der Waals surface area contributed by atoms with Gasteiger partial charge in [-0.2, -0.15) is 4.31 Å². The highest BCUT2D eigenvalue weighted by atomic mass is 32.2. The lowest BCUT2D eigenvalue weighted by molar-refractivity contribution is -0.121. The number of carbonyl (C=O) groups excluding carboxylic acids is 2. The Morgan fingerprint density at radius 3 is 2.53 bits per heavy atom. The van der Waals surface area contributed by atoms with Crippen molar-refractivity contribution in [2.75, 3.05) is 25.0 Å². The van der Waals surface area contributed by atoms with E-state index in [1.807, 2.05) is 37.3 Å². The second-order valence-corrected chi connectivity index (χ2v) is 9.62. The third-order valence-electron chi connectivity index (χ3n) is 5.26. The van der Waals surface area contributed by atoms with Gasteiger partial charge >= 0.3 is 0 Å². The van der Waals surface area contributed by atoms with E-state index in [0.717, 1.165) is 21.1 Å². The average molecular weight is 430 g/mol. The normalized spacial score (nSPS) is 15.9. The molecule has 0 bridgehead atoms. The van der Waals surface area contributed by atoms with Crippen molar-refractivity contribution in [2.45, 2.75) is 37.6 Å². The van der Waals surface area contributed by atoms with Crippen molar-refractivity contribution in [3.8, 4) is 0 Å². The van der Waals surface area contributed by atoms with Gasteiger partial charge < -0.3 is 10.2 Å². The maximum absolute atomic E-state index is 12.9. The third kappa shape index (κ3) is 4.71. The molecule has 160 valence electrons. The van der Waals surface area contributed by atoms with Crippen LogP contribution in [0.5, 0.6) is 0 Å². The Bertz CT molecular complexity index is 1040. The van der Waals surface area contributed by atoms with Crippen molar-refractivity contribution in [3.05, 3.63) is 59.7 Å². The Hall–Kier alpha value is -2.71. The van der Waals surface area contributed by atoms with E-state index >= 15 is 0 Å². The molecule has 0 saturated heterocycles. The molecule has 30 heavy (non-hydrogen) atoms. The predicted molar refractivity (Wildman–Crippen MR) is 116 cm³/mol. The fraction of sp³-hybridized carbons (Fsp3) is 0.364. The van der Waals surface area contributed by atoms with Crippen LogP contribution in [0.25, 0.3) is 0 Å². The van der Waals surface area contributed by atoms with Crippen LogP contribution in [0.1, 0.15) is 25.0 Å². The number of carbonyl (C=O) groups is 2. The van der Waals surface area contributed by atoms with Crippen LogP contribution in [0.4, 0.5) is 5.69 Å². The topological polar surface area (TPSA) is 86.8 Å². The number of hydrogen-bond donors (Lipinski definition) is 1. The van der Waals surface area contributed by atoms with Crippen molar-refractivity contribution in [2.24, 2.45) is 0 Å². The Morgan fingerprint density at radius 1 is 1.17 bits per heavy atom. The van der Waals surface area contributed by atoms with Gasteiger partial charge in [-0.15, -0.1) is 0 Å². The molecule has 7 nitrogen and oxygen atoms in total. The maximum atomic E-state index is 12.9. The van der Waals surface area contributed by atoms with Crippen LogP contribution in [0.15, 0.2) is 53.4 Å². The second kappa shape index (κ2) is 8.97. The summed E-state index contributed by atoms with van der Waals surface area (Å²) in [5.74, 6) is -0.421. The zero-order valence-electron chi connectivity index (χ0n) is 17.5.